The molecule has 1 heterocycles. The fraction of sp³-hybridized carbons (Fsp3) is 0. The van der Waals surface area contributed by atoms with Crippen LogP contribution in [-0.2, 0) is 0 Å². The van der Waals surface area contributed by atoms with Gasteiger partial charge in [0.25, 0.3) is 5.91 Å². The van der Waals surface area contributed by atoms with Gasteiger partial charge < -0.3 is 10.3 Å². The number of aromatic amines is 1. The summed E-state index contributed by atoms with van der Waals surface area (Å²) in [5, 5.41) is 5.03. The van der Waals surface area contributed by atoms with Gasteiger partial charge in [0.15, 0.2) is 5.82 Å². The normalized spacial score (nSPS) is 11.0. The first-order valence-electron chi connectivity index (χ1n) is 8.82. The van der Waals surface area contributed by atoms with Crippen LogP contribution in [0.25, 0.3) is 16.8 Å². The molecule has 0 radical (unpaired) electrons. The number of benzene rings is 3. The Balaban J connectivity index is 1.47. The number of carbonyl (C=O) groups excluding carboxylic acids is 2. The van der Waals surface area contributed by atoms with Gasteiger partial charge in [-0.25, -0.2) is 4.98 Å². The van der Waals surface area contributed by atoms with E-state index in [1.807, 2.05) is 42.5 Å². The molecular weight excluding hydrogens is 350 g/mol. The van der Waals surface area contributed by atoms with Crippen LogP contribution in [-0.4, -0.2) is 21.7 Å². The predicted molar refractivity (Wildman–Crippen MR) is 110 cm³/mol. The Kier molecular flexibility index (Phi) is 4.80. The van der Waals surface area contributed by atoms with Gasteiger partial charge in [-0.3, -0.25) is 9.59 Å². The summed E-state index contributed by atoms with van der Waals surface area (Å²) in [5.41, 5.74) is 2.14. The van der Waals surface area contributed by atoms with Crippen LogP contribution in [0.4, 0.5) is 5.69 Å². The van der Waals surface area contributed by atoms with E-state index in [4.69, 9.17) is 0 Å². The van der Waals surface area contributed by atoms with Crippen molar-refractivity contribution in [1.82, 2.24) is 9.97 Å². The molecule has 28 heavy (non-hydrogen) atoms. The highest BCUT2D eigenvalue weighted by molar-refractivity contribution is 6.09. The lowest BCUT2D eigenvalue weighted by Crippen LogP contribution is -2.12. The second-order valence-electron chi connectivity index (χ2n) is 6.24. The van der Waals surface area contributed by atoms with Crippen molar-refractivity contribution in [1.29, 1.82) is 0 Å². The Bertz CT molecular complexity index is 1150. The van der Waals surface area contributed by atoms with Crippen LogP contribution in [0.1, 0.15) is 26.5 Å². The Labute approximate surface area is 161 Å². The monoisotopic (exact) mass is 367 g/mol. The van der Waals surface area contributed by atoms with Crippen LogP contribution >= 0.6 is 0 Å². The smallest absolute Gasteiger partial charge is 0.255 e. The molecule has 0 fully saturated rings. The van der Waals surface area contributed by atoms with Crippen LogP contribution in [0.15, 0.2) is 85.2 Å². The van der Waals surface area contributed by atoms with E-state index < -0.39 is 0 Å². The lowest BCUT2D eigenvalue weighted by Gasteiger charge is -2.09. The van der Waals surface area contributed by atoms with Crippen molar-refractivity contribution in [2.75, 3.05) is 5.32 Å². The predicted octanol–water partition coefficient (Wildman–Crippen LogP) is 4.71. The van der Waals surface area contributed by atoms with E-state index in [9.17, 15) is 9.59 Å². The van der Waals surface area contributed by atoms with Gasteiger partial charge in [-0.15, -0.1) is 0 Å². The highest BCUT2D eigenvalue weighted by Gasteiger charge is 2.08. The van der Waals surface area contributed by atoms with E-state index in [2.05, 4.69) is 15.3 Å². The third-order valence-corrected chi connectivity index (χ3v) is 4.37. The number of nitrogens with one attached hydrogen (secondary N) is 2. The molecule has 136 valence electrons. The lowest BCUT2D eigenvalue weighted by atomic mass is 10.1. The molecular formula is C23H17N3O2. The minimum absolute atomic E-state index is 0.182. The molecule has 0 spiro atoms. The molecule has 0 aliphatic carbocycles. The van der Waals surface area contributed by atoms with Crippen molar-refractivity contribution in [2.45, 2.75) is 0 Å². The molecule has 3 aromatic carbocycles. The number of ketones is 1. The summed E-state index contributed by atoms with van der Waals surface area (Å²) in [6.07, 6.45) is 6.27. The number of imidazole rings is 1. The second kappa shape index (κ2) is 7.72. The zero-order valence-corrected chi connectivity index (χ0v) is 14.9. The van der Waals surface area contributed by atoms with Crippen LogP contribution in [0.2, 0.25) is 0 Å². The van der Waals surface area contributed by atoms with Crippen LogP contribution < -0.4 is 5.32 Å². The fourth-order valence-corrected chi connectivity index (χ4v) is 2.93. The molecule has 1 aromatic heterocycles. The third kappa shape index (κ3) is 3.73. The highest BCUT2D eigenvalue weighted by Crippen LogP contribution is 2.23. The number of carbonyl (C=O) groups is 2. The standard InChI is InChI=1S/C23H17N3O2/c27-21(22-24-14-15-25-22)13-10-16-8-11-18(12-9-16)23(28)26-20-7-3-5-17-4-1-2-6-19(17)20/h1-15H,(H,24,25)(H,26,28)/b13-10+. The number of allylic oxidation sites excluding steroid dienone is 1. The topological polar surface area (TPSA) is 74.8 Å². The molecule has 0 aliphatic rings. The van der Waals surface area contributed by atoms with E-state index >= 15 is 0 Å². The molecule has 0 bridgehead atoms. The molecule has 0 saturated heterocycles. The Morgan fingerprint density at radius 2 is 1.71 bits per heavy atom. The van der Waals surface area contributed by atoms with Crippen molar-refractivity contribution < 1.29 is 9.59 Å². The van der Waals surface area contributed by atoms with Crippen LogP contribution in [0, 0.1) is 0 Å². The number of rotatable bonds is 5. The zero-order chi connectivity index (χ0) is 19.3. The summed E-state index contributed by atoms with van der Waals surface area (Å²) in [6.45, 7) is 0. The summed E-state index contributed by atoms with van der Waals surface area (Å²) in [5.74, 6) is -0.0938. The zero-order valence-electron chi connectivity index (χ0n) is 14.9. The molecule has 0 saturated carbocycles. The number of fused-ring (bicyclic) bond motifs is 1. The second-order valence-corrected chi connectivity index (χ2v) is 6.24. The molecule has 0 unspecified atom stereocenters. The van der Waals surface area contributed by atoms with E-state index in [0.717, 1.165) is 22.0 Å². The number of H-pyrrole nitrogens is 1. The molecule has 0 atom stereocenters. The molecule has 1 amide bonds. The number of hydrogen-bond donors (Lipinski definition) is 2. The Morgan fingerprint density at radius 3 is 2.50 bits per heavy atom. The maximum Gasteiger partial charge on any atom is 0.255 e. The third-order valence-electron chi connectivity index (χ3n) is 4.37. The minimum Gasteiger partial charge on any atom is -0.342 e. The summed E-state index contributed by atoms with van der Waals surface area (Å²) < 4.78 is 0. The first-order valence-corrected chi connectivity index (χ1v) is 8.82. The minimum atomic E-state index is -0.206. The van der Waals surface area contributed by atoms with Gasteiger partial charge in [-0.2, -0.15) is 0 Å². The average molecular weight is 367 g/mol. The molecule has 4 aromatic rings. The quantitative estimate of drug-likeness (QED) is 0.396. The van der Waals surface area contributed by atoms with E-state index in [0.29, 0.717) is 11.4 Å². The van der Waals surface area contributed by atoms with Gasteiger partial charge in [0.1, 0.15) is 0 Å². The summed E-state index contributed by atoms with van der Waals surface area (Å²) in [4.78, 5) is 31.2. The number of aromatic nitrogens is 2. The first kappa shape index (κ1) is 17.4. The van der Waals surface area contributed by atoms with Gasteiger partial charge in [0, 0.05) is 29.0 Å². The Morgan fingerprint density at radius 1 is 0.929 bits per heavy atom. The van der Waals surface area contributed by atoms with Gasteiger partial charge >= 0.3 is 0 Å². The highest BCUT2D eigenvalue weighted by atomic mass is 16.1. The average Bonchev–Trinajstić information content (AvgIpc) is 3.28. The van der Waals surface area contributed by atoms with Gasteiger partial charge in [0.05, 0.1) is 0 Å². The van der Waals surface area contributed by atoms with E-state index in [1.54, 1.807) is 36.5 Å². The van der Waals surface area contributed by atoms with Crippen molar-refractivity contribution >= 4 is 34.2 Å². The van der Waals surface area contributed by atoms with Crippen molar-refractivity contribution in [2.24, 2.45) is 0 Å². The van der Waals surface area contributed by atoms with E-state index in [-0.39, 0.29) is 11.7 Å². The van der Waals surface area contributed by atoms with E-state index in [1.165, 1.54) is 12.3 Å². The number of amides is 1. The fourth-order valence-electron chi connectivity index (χ4n) is 2.93. The van der Waals surface area contributed by atoms with Gasteiger partial charge in [0.2, 0.25) is 5.78 Å². The van der Waals surface area contributed by atoms with Crippen molar-refractivity contribution in [3.8, 4) is 0 Å². The molecule has 5 nitrogen and oxygen atoms in total. The van der Waals surface area contributed by atoms with Gasteiger partial charge in [-0.05, 0) is 35.2 Å². The largest absolute Gasteiger partial charge is 0.342 e. The van der Waals surface area contributed by atoms with Crippen molar-refractivity contribution in [3.63, 3.8) is 0 Å². The summed E-state index contributed by atoms with van der Waals surface area (Å²) >= 11 is 0. The maximum atomic E-state index is 12.6. The van der Waals surface area contributed by atoms with Crippen LogP contribution in [0.5, 0.6) is 0 Å². The number of anilines is 1. The maximum absolute atomic E-state index is 12.6. The molecule has 4 rings (SSSR count). The molecule has 2 N–H and O–H groups in total. The number of nitrogens with zero attached hydrogens (tertiary/aromatic N) is 1. The van der Waals surface area contributed by atoms with Gasteiger partial charge in [-0.1, -0.05) is 54.6 Å². The summed E-state index contributed by atoms with van der Waals surface area (Å²) in [7, 11) is 0. The lowest BCUT2D eigenvalue weighted by molar-refractivity contribution is 0.102. The first-order chi connectivity index (χ1) is 13.7. The summed E-state index contributed by atoms with van der Waals surface area (Å²) in [6, 6.07) is 20.8. The molecule has 0 aliphatic heterocycles. The van der Waals surface area contributed by atoms with Crippen molar-refractivity contribution in [3.05, 3.63) is 102 Å². The molecule has 5 heteroatoms. The Hall–Kier alpha value is -3.99. The number of hydrogen-bond acceptors (Lipinski definition) is 3. The SMILES string of the molecule is O=C(Nc1cccc2ccccc12)c1ccc(/C=C/C(=O)c2ncc[nH]2)cc1. The van der Waals surface area contributed by atoms with Crippen LogP contribution in [0.3, 0.4) is 0 Å².